The molecule has 3 fully saturated rings. The molecule has 2 aliphatic heterocycles. The fourth-order valence-corrected chi connectivity index (χ4v) is 6.06. The van der Waals surface area contributed by atoms with Gasteiger partial charge in [0.25, 0.3) is 0 Å². The van der Waals surface area contributed by atoms with E-state index in [1.165, 1.54) is 10.5 Å². The summed E-state index contributed by atoms with van der Waals surface area (Å²) < 4.78 is 0. The molecule has 0 unspecified atom stereocenters. The van der Waals surface area contributed by atoms with Crippen LogP contribution in [0.15, 0.2) is 53.7 Å². The number of amides is 2. The molecule has 2 aromatic carbocycles. The molecule has 0 N–H and O–H groups in total. The summed E-state index contributed by atoms with van der Waals surface area (Å²) in [6.45, 7) is 2.05. The van der Waals surface area contributed by atoms with Crippen LogP contribution in [0.3, 0.4) is 0 Å². The fraction of sp³-hybridized carbons (Fsp3) is 0.348. The van der Waals surface area contributed by atoms with Crippen molar-refractivity contribution in [1.82, 2.24) is 0 Å². The Morgan fingerprint density at radius 1 is 0.931 bits per heavy atom. The number of hydrogen-bond acceptors (Lipinski definition) is 4. The predicted octanol–water partition coefficient (Wildman–Crippen LogP) is 3.82. The lowest BCUT2D eigenvalue weighted by Crippen LogP contribution is -2.41. The average Bonchev–Trinajstić information content (AvgIpc) is 3.44. The molecule has 6 rings (SSSR count). The Kier molecular flexibility index (Phi) is 3.52. The highest BCUT2D eigenvalue weighted by molar-refractivity contribution is 6.31. The van der Waals surface area contributed by atoms with Crippen molar-refractivity contribution in [2.24, 2.45) is 34.7 Å². The maximum atomic E-state index is 13.3. The van der Waals surface area contributed by atoms with Crippen molar-refractivity contribution in [3.63, 3.8) is 0 Å². The van der Waals surface area contributed by atoms with Crippen LogP contribution in [0.4, 0.5) is 5.69 Å². The van der Waals surface area contributed by atoms with E-state index in [9.17, 15) is 9.59 Å². The molecule has 0 aromatic heterocycles. The van der Waals surface area contributed by atoms with Gasteiger partial charge in [0.1, 0.15) is 6.10 Å². The molecular weight excluding hydrogens is 388 g/mol. The summed E-state index contributed by atoms with van der Waals surface area (Å²) in [7, 11) is 0. The Morgan fingerprint density at radius 3 is 2.28 bits per heavy atom. The molecule has 2 amide bonds. The maximum absolute atomic E-state index is 13.3. The first-order valence-corrected chi connectivity index (χ1v) is 10.4. The zero-order chi connectivity index (χ0) is 19.9. The van der Waals surface area contributed by atoms with Crippen molar-refractivity contribution in [3.05, 3.63) is 64.7 Å². The van der Waals surface area contributed by atoms with Crippen LogP contribution in [0.1, 0.15) is 17.5 Å². The average molecular weight is 407 g/mol. The molecule has 4 aliphatic rings. The van der Waals surface area contributed by atoms with Gasteiger partial charge in [-0.2, -0.15) is 0 Å². The van der Waals surface area contributed by atoms with E-state index >= 15 is 0 Å². The molecule has 2 bridgehead atoms. The van der Waals surface area contributed by atoms with Crippen LogP contribution in [0.5, 0.6) is 0 Å². The van der Waals surface area contributed by atoms with Crippen LogP contribution < -0.4 is 4.90 Å². The minimum atomic E-state index is -0.308. The number of anilines is 1. The number of imide groups is 1. The van der Waals surface area contributed by atoms with E-state index in [-0.39, 0.29) is 47.5 Å². The zero-order valence-corrected chi connectivity index (χ0v) is 16.5. The molecule has 0 spiro atoms. The summed E-state index contributed by atoms with van der Waals surface area (Å²) in [4.78, 5) is 33.8. The monoisotopic (exact) mass is 406 g/mol. The second kappa shape index (κ2) is 5.92. The van der Waals surface area contributed by atoms with Gasteiger partial charge in [-0.3, -0.25) is 14.5 Å². The Balaban J connectivity index is 1.35. The van der Waals surface area contributed by atoms with Gasteiger partial charge in [0.15, 0.2) is 0 Å². The lowest BCUT2D eigenvalue weighted by molar-refractivity contribution is -0.125. The molecule has 6 heteroatoms. The number of fused-ring (bicyclic) bond motifs is 8. The third-order valence-corrected chi connectivity index (χ3v) is 7.37. The number of oxime groups is 1. The van der Waals surface area contributed by atoms with Crippen LogP contribution in [-0.4, -0.2) is 23.6 Å². The van der Waals surface area contributed by atoms with Gasteiger partial charge in [-0.05, 0) is 49.1 Å². The number of aryl methyl sites for hydroxylation is 1. The van der Waals surface area contributed by atoms with Crippen molar-refractivity contribution in [1.29, 1.82) is 0 Å². The predicted molar refractivity (Wildman–Crippen MR) is 109 cm³/mol. The molecular formula is C23H19ClN2O3. The van der Waals surface area contributed by atoms with Gasteiger partial charge in [-0.15, -0.1) is 0 Å². The first-order chi connectivity index (χ1) is 14.0. The Labute approximate surface area is 173 Å². The Morgan fingerprint density at radius 2 is 1.59 bits per heavy atom. The number of nitrogens with zero attached hydrogens (tertiary/aromatic N) is 2. The lowest BCUT2D eigenvalue weighted by Gasteiger charge is -2.29. The third-order valence-electron chi connectivity index (χ3n) is 7.12. The molecule has 6 atom stereocenters. The van der Waals surface area contributed by atoms with E-state index in [0.29, 0.717) is 10.7 Å². The Hall–Kier alpha value is -2.66. The summed E-state index contributed by atoms with van der Waals surface area (Å²) in [5.74, 6) is -0.601. The normalized spacial score (nSPS) is 34.3. The van der Waals surface area contributed by atoms with Gasteiger partial charge in [0.05, 0.1) is 23.2 Å². The summed E-state index contributed by atoms with van der Waals surface area (Å²) in [5.41, 5.74) is 3.74. The topological polar surface area (TPSA) is 59.0 Å². The molecule has 2 aliphatic carbocycles. The number of benzene rings is 2. The number of carbonyl (C=O) groups is 2. The highest BCUT2D eigenvalue weighted by Crippen LogP contribution is 2.62. The first kappa shape index (κ1) is 17.2. The van der Waals surface area contributed by atoms with Crippen LogP contribution in [0, 0.1) is 36.5 Å². The standard InChI is InChI=1S/C23H19ClN2O3/c1-11-2-4-12(5-3-11)20-19-15-10-16(21(19)29-25-20)18-17(15)22(27)26(23(18)28)14-8-6-13(24)7-9-14/h2-9,15-19,21H,10H2,1H3/t15-,16+,17-,18+,19-,21-/m1/s1. The van der Waals surface area contributed by atoms with Gasteiger partial charge in [-0.1, -0.05) is 46.6 Å². The van der Waals surface area contributed by atoms with E-state index in [2.05, 4.69) is 36.3 Å². The number of hydrogen-bond donors (Lipinski definition) is 0. The highest BCUT2D eigenvalue weighted by Gasteiger charge is 2.70. The SMILES string of the molecule is Cc1ccc(C2=NO[C@@H]3[C@H]4C[C@H]([C@H]5C(=O)N(c6ccc(Cl)cc6)C(=O)[C@@H]45)[C@H]23)cc1. The van der Waals surface area contributed by atoms with E-state index in [4.69, 9.17) is 16.4 Å². The van der Waals surface area contributed by atoms with E-state index < -0.39 is 0 Å². The van der Waals surface area contributed by atoms with Crippen molar-refractivity contribution in [2.75, 3.05) is 4.90 Å². The molecule has 2 heterocycles. The third kappa shape index (κ3) is 2.25. The summed E-state index contributed by atoms with van der Waals surface area (Å²) in [5, 5.41) is 4.97. The zero-order valence-electron chi connectivity index (χ0n) is 15.8. The van der Waals surface area contributed by atoms with Gasteiger partial charge in [0, 0.05) is 16.9 Å². The highest BCUT2D eigenvalue weighted by atomic mass is 35.5. The van der Waals surface area contributed by atoms with Crippen LogP contribution in [-0.2, 0) is 14.4 Å². The van der Waals surface area contributed by atoms with Crippen LogP contribution in [0.2, 0.25) is 5.02 Å². The first-order valence-electron chi connectivity index (χ1n) is 9.99. The molecule has 29 heavy (non-hydrogen) atoms. The minimum absolute atomic E-state index is 0.0375. The van der Waals surface area contributed by atoms with Gasteiger partial charge in [-0.25, -0.2) is 0 Å². The second-order valence-corrected chi connectivity index (χ2v) is 8.98. The van der Waals surface area contributed by atoms with Crippen LogP contribution in [0.25, 0.3) is 0 Å². The fourth-order valence-electron chi connectivity index (χ4n) is 5.93. The molecule has 1 saturated heterocycles. The van der Waals surface area contributed by atoms with Gasteiger partial charge >= 0.3 is 0 Å². The van der Waals surface area contributed by atoms with Gasteiger partial charge in [0.2, 0.25) is 11.8 Å². The van der Waals surface area contributed by atoms with E-state index in [1.54, 1.807) is 24.3 Å². The van der Waals surface area contributed by atoms with Crippen molar-refractivity contribution < 1.29 is 14.4 Å². The summed E-state index contributed by atoms with van der Waals surface area (Å²) in [6.07, 6.45) is 0.737. The summed E-state index contributed by atoms with van der Waals surface area (Å²) >= 11 is 5.97. The lowest BCUT2D eigenvalue weighted by atomic mass is 9.71. The minimum Gasteiger partial charge on any atom is -0.391 e. The van der Waals surface area contributed by atoms with Gasteiger partial charge < -0.3 is 4.84 Å². The molecule has 0 radical (unpaired) electrons. The summed E-state index contributed by atoms with van der Waals surface area (Å²) in [6, 6.07) is 15.1. The number of halogens is 1. The van der Waals surface area contributed by atoms with Crippen molar-refractivity contribution in [2.45, 2.75) is 19.4 Å². The van der Waals surface area contributed by atoms with Crippen molar-refractivity contribution >= 4 is 34.8 Å². The van der Waals surface area contributed by atoms with Crippen molar-refractivity contribution in [3.8, 4) is 0 Å². The van der Waals surface area contributed by atoms with E-state index in [0.717, 1.165) is 17.7 Å². The second-order valence-electron chi connectivity index (χ2n) is 8.54. The molecule has 5 nitrogen and oxygen atoms in total. The largest absolute Gasteiger partial charge is 0.391 e. The smallest absolute Gasteiger partial charge is 0.238 e. The van der Waals surface area contributed by atoms with E-state index in [1.807, 2.05) is 0 Å². The Bertz CT molecular complexity index is 1060. The quantitative estimate of drug-likeness (QED) is 0.712. The maximum Gasteiger partial charge on any atom is 0.238 e. The number of rotatable bonds is 2. The molecule has 146 valence electrons. The molecule has 2 aromatic rings. The molecule has 2 saturated carbocycles. The van der Waals surface area contributed by atoms with Crippen LogP contribution >= 0.6 is 11.6 Å². The number of carbonyl (C=O) groups excluding carboxylic acids is 2.